The van der Waals surface area contributed by atoms with Crippen molar-refractivity contribution in [2.75, 3.05) is 45.2 Å². The van der Waals surface area contributed by atoms with Gasteiger partial charge in [-0.1, -0.05) is 24.3 Å². The number of anilines is 1. The highest BCUT2D eigenvalue weighted by Gasteiger charge is 2.58. The Kier molecular flexibility index (Phi) is 9.57. The number of ether oxygens (including phenoxy) is 1. The summed E-state index contributed by atoms with van der Waals surface area (Å²) in [5, 5.41) is 6.02. The van der Waals surface area contributed by atoms with Gasteiger partial charge in [0, 0.05) is 67.1 Å². The van der Waals surface area contributed by atoms with E-state index in [1.807, 2.05) is 19.9 Å². The van der Waals surface area contributed by atoms with Crippen LogP contribution in [0.5, 0.6) is 0 Å². The van der Waals surface area contributed by atoms with Crippen LogP contribution in [0, 0.1) is 25.6 Å². The molecule has 0 spiro atoms. The minimum atomic E-state index is -1.04. The van der Waals surface area contributed by atoms with E-state index in [0.29, 0.717) is 48.6 Å². The van der Waals surface area contributed by atoms with E-state index in [2.05, 4.69) is 10.6 Å². The van der Waals surface area contributed by atoms with Crippen LogP contribution >= 0.6 is 11.3 Å². The number of ketones is 1. The van der Waals surface area contributed by atoms with Crippen molar-refractivity contribution in [3.05, 3.63) is 86.9 Å². The van der Waals surface area contributed by atoms with Gasteiger partial charge in [-0.2, -0.15) is 0 Å². The predicted octanol–water partition coefficient (Wildman–Crippen LogP) is 4.08. The van der Waals surface area contributed by atoms with Gasteiger partial charge in [0.2, 0.25) is 17.7 Å². The molecule has 5 rings (SSSR count). The highest BCUT2D eigenvalue weighted by molar-refractivity contribution is 7.12. The summed E-state index contributed by atoms with van der Waals surface area (Å²) in [6.45, 7) is 7.08. The van der Waals surface area contributed by atoms with Gasteiger partial charge < -0.3 is 25.2 Å². The fraction of sp³-hybridized carbons (Fsp3) is 0.394. The molecule has 2 N–H and O–H groups in total. The Bertz CT molecular complexity index is 1530. The summed E-state index contributed by atoms with van der Waals surface area (Å²) < 4.78 is 19.5. The summed E-state index contributed by atoms with van der Waals surface area (Å²) in [5.41, 5.74) is 2.34. The zero-order valence-corrected chi connectivity index (χ0v) is 26.1. The van der Waals surface area contributed by atoms with Crippen molar-refractivity contribution >= 4 is 40.5 Å². The number of Topliss-reactive ketones (excluding diaryl/α,β-unsaturated/α-hetero) is 1. The third-order valence-corrected chi connectivity index (χ3v) is 9.31. The van der Waals surface area contributed by atoms with E-state index in [1.54, 1.807) is 41.3 Å². The summed E-state index contributed by atoms with van der Waals surface area (Å²) >= 11 is 1.51. The molecule has 0 saturated carbocycles. The van der Waals surface area contributed by atoms with Crippen LogP contribution < -0.4 is 10.6 Å². The van der Waals surface area contributed by atoms with Gasteiger partial charge >= 0.3 is 0 Å². The number of carbonyl (C=O) groups is 4. The molecule has 0 bridgehead atoms. The SMILES string of the molecule is COCC(=O)N1C(C(=O)N2CCNCC2)C(c2ccc(NC(C)=O)cc2)C(C(=O)c2cc(C)sc2C)C1c1ccc(F)cc1. The molecule has 4 atom stereocenters. The largest absolute Gasteiger partial charge is 0.375 e. The maximum atomic E-state index is 14.8. The number of thiophene rings is 1. The van der Waals surface area contributed by atoms with E-state index in [-0.39, 0.29) is 24.2 Å². The number of amides is 3. The van der Waals surface area contributed by atoms with E-state index in [4.69, 9.17) is 4.74 Å². The molecule has 2 aromatic carbocycles. The summed E-state index contributed by atoms with van der Waals surface area (Å²) in [6, 6.07) is 12.8. The van der Waals surface area contributed by atoms with E-state index < -0.39 is 35.6 Å². The highest BCUT2D eigenvalue weighted by atomic mass is 32.1. The lowest BCUT2D eigenvalue weighted by Crippen LogP contribution is -2.55. The standard InChI is InChI=1S/C33H37FN4O5S/c1-19-17-26(20(2)44-19)32(41)29-28(22-7-11-25(12-8-22)36-21(3)39)31(33(42)37-15-13-35-14-16-37)38(27(40)18-43-4)30(29)23-5-9-24(34)10-6-23/h5-12,17,28-31,35H,13-16,18H2,1-4H3,(H,36,39). The molecule has 232 valence electrons. The molecule has 4 unspecified atom stereocenters. The van der Waals surface area contributed by atoms with Crippen LogP contribution in [0.3, 0.4) is 0 Å². The van der Waals surface area contributed by atoms with Crippen molar-refractivity contribution < 1.29 is 28.3 Å². The van der Waals surface area contributed by atoms with Crippen LogP contribution in [-0.2, 0) is 19.1 Å². The Morgan fingerprint density at radius 1 is 1.00 bits per heavy atom. The number of hydrogen-bond acceptors (Lipinski definition) is 7. The highest BCUT2D eigenvalue weighted by Crippen LogP contribution is 2.52. The van der Waals surface area contributed by atoms with E-state index in [0.717, 1.165) is 9.75 Å². The third-order valence-electron chi connectivity index (χ3n) is 8.34. The number of halogens is 1. The number of benzene rings is 2. The summed E-state index contributed by atoms with van der Waals surface area (Å²) in [7, 11) is 1.41. The molecular weight excluding hydrogens is 583 g/mol. The maximum Gasteiger partial charge on any atom is 0.249 e. The lowest BCUT2D eigenvalue weighted by Gasteiger charge is -2.36. The zero-order chi connectivity index (χ0) is 31.5. The van der Waals surface area contributed by atoms with E-state index in [9.17, 15) is 23.6 Å². The fourth-order valence-corrected chi connectivity index (χ4v) is 7.47. The second-order valence-electron chi connectivity index (χ2n) is 11.3. The predicted molar refractivity (Wildman–Crippen MR) is 166 cm³/mol. The Morgan fingerprint density at radius 2 is 1.64 bits per heavy atom. The Morgan fingerprint density at radius 3 is 2.20 bits per heavy atom. The molecular formula is C33H37FN4O5S. The van der Waals surface area contributed by atoms with Crippen molar-refractivity contribution in [3.8, 4) is 0 Å². The molecule has 0 radical (unpaired) electrons. The van der Waals surface area contributed by atoms with Crippen LogP contribution in [0.2, 0.25) is 0 Å². The maximum absolute atomic E-state index is 14.8. The van der Waals surface area contributed by atoms with Gasteiger partial charge in [0.05, 0.1) is 12.0 Å². The number of nitrogens with zero attached hydrogens (tertiary/aromatic N) is 2. The van der Waals surface area contributed by atoms with Gasteiger partial charge in [-0.3, -0.25) is 19.2 Å². The average molecular weight is 621 g/mol. The second-order valence-corrected chi connectivity index (χ2v) is 12.8. The van der Waals surface area contributed by atoms with Gasteiger partial charge in [-0.15, -0.1) is 11.3 Å². The molecule has 1 aromatic heterocycles. The van der Waals surface area contributed by atoms with Crippen molar-refractivity contribution in [3.63, 3.8) is 0 Å². The molecule has 3 heterocycles. The molecule has 44 heavy (non-hydrogen) atoms. The quantitative estimate of drug-likeness (QED) is 0.368. The van der Waals surface area contributed by atoms with Crippen molar-refractivity contribution in [1.29, 1.82) is 0 Å². The molecule has 2 aliphatic heterocycles. The molecule has 2 saturated heterocycles. The Balaban J connectivity index is 1.75. The first-order chi connectivity index (χ1) is 21.1. The topological polar surface area (TPSA) is 108 Å². The van der Waals surface area contributed by atoms with Crippen LogP contribution in [0.25, 0.3) is 0 Å². The molecule has 0 aliphatic carbocycles. The lowest BCUT2D eigenvalue weighted by atomic mass is 9.75. The monoisotopic (exact) mass is 620 g/mol. The number of likely N-dealkylation sites (tertiary alicyclic amines) is 1. The van der Waals surface area contributed by atoms with Gasteiger partial charge in [-0.25, -0.2) is 4.39 Å². The molecule has 2 aliphatic rings. The fourth-order valence-electron chi connectivity index (χ4n) is 6.54. The van der Waals surface area contributed by atoms with Gasteiger partial charge in [0.1, 0.15) is 18.5 Å². The normalized spacial score (nSPS) is 21.8. The number of rotatable bonds is 8. The zero-order valence-electron chi connectivity index (χ0n) is 25.3. The van der Waals surface area contributed by atoms with Crippen LogP contribution in [0.1, 0.15) is 50.1 Å². The minimum Gasteiger partial charge on any atom is -0.375 e. The van der Waals surface area contributed by atoms with Gasteiger partial charge in [0.15, 0.2) is 5.78 Å². The molecule has 3 aromatic rings. The Labute approximate surface area is 260 Å². The molecule has 2 fully saturated rings. The summed E-state index contributed by atoms with van der Waals surface area (Å²) in [6.07, 6.45) is 0. The average Bonchev–Trinajstić information content (AvgIpc) is 3.54. The smallest absolute Gasteiger partial charge is 0.249 e. The van der Waals surface area contributed by atoms with Gasteiger partial charge in [0.25, 0.3) is 0 Å². The van der Waals surface area contributed by atoms with Crippen molar-refractivity contribution in [2.45, 2.75) is 38.8 Å². The van der Waals surface area contributed by atoms with Crippen LogP contribution in [-0.4, -0.2) is 79.2 Å². The minimum absolute atomic E-state index is 0.192. The third kappa shape index (κ3) is 6.31. The number of piperazine rings is 1. The number of methoxy groups -OCH3 is 1. The summed E-state index contributed by atoms with van der Waals surface area (Å²) in [5.74, 6) is -3.19. The van der Waals surface area contributed by atoms with E-state index in [1.165, 1.54) is 42.4 Å². The van der Waals surface area contributed by atoms with Crippen LogP contribution in [0.4, 0.5) is 10.1 Å². The summed E-state index contributed by atoms with van der Waals surface area (Å²) in [4.78, 5) is 60.1. The number of aryl methyl sites for hydroxylation is 2. The number of carbonyl (C=O) groups excluding carboxylic acids is 4. The second kappa shape index (κ2) is 13.4. The first-order valence-corrected chi connectivity index (χ1v) is 15.5. The molecule has 3 amide bonds. The first kappa shape index (κ1) is 31.5. The number of hydrogen-bond donors (Lipinski definition) is 2. The van der Waals surface area contributed by atoms with Crippen LogP contribution in [0.15, 0.2) is 54.6 Å². The van der Waals surface area contributed by atoms with E-state index >= 15 is 0 Å². The van der Waals surface area contributed by atoms with Gasteiger partial charge in [-0.05, 0) is 55.3 Å². The lowest BCUT2D eigenvalue weighted by molar-refractivity contribution is -0.148. The first-order valence-electron chi connectivity index (χ1n) is 14.6. The molecule has 11 heteroatoms. The Hall–Kier alpha value is -3.93. The number of nitrogens with one attached hydrogen (secondary N) is 2. The van der Waals surface area contributed by atoms with Crippen molar-refractivity contribution in [2.24, 2.45) is 5.92 Å². The van der Waals surface area contributed by atoms with Crippen molar-refractivity contribution in [1.82, 2.24) is 15.1 Å². The molecule has 9 nitrogen and oxygen atoms in total.